The number of rotatable bonds is 4. The molecule has 2 rings (SSSR count). The van der Waals surface area contributed by atoms with Crippen LogP contribution < -0.4 is 5.32 Å². The van der Waals surface area contributed by atoms with Crippen molar-refractivity contribution in [2.45, 2.75) is 20.4 Å². The van der Waals surface area contributed by atoms with Gasteiger partial charge in [0, 0.05) is 6.54 Å². The van der Waals surface area contributed by atoms with Gasteiger partial charge in [-0.05, 0) is 32.0 Å². The van der Waals surface area contributed by atoms with E-state index in [4.69, 9.17) is 16.7 Å². The van der Waals surface area contributed by atoms with Crippen LogP contribution in [0.1, 0.15) is 33.5 Å². The minimum absolute atomic E-state index is 0.0601. The quantitative estimate of drug-likeness (QED) is 0.909. The van der Waals surface area contributed by atoms with Crippen LogP contribution in [0.2, 0.25) is 5.02 Å². The number of hydrogen-bond acceptors (Lipinski definition) is 3. The first kappa shape index (κ1) is 15.1. The Labute approximate surface area is 126 Å². The van der Waals surface area contributed by atoms with Gasteiger partial charge in [0.1, 0.15) is 5.69 Å². The van der Waals surface area contributed by atoms with Gasteiger partial charge in [0.15, 0.2) is 0 Å². The number of carbonyl (C=O) groups is 2. The van der Waals surface area contributed by atoms with Crippen LogP contribution in [0, 0.1) is 6.92 Å². The second-order valence-electron chi connectivity index (χ2n) is 4.41. The highest BCUT2D eigenvalue weighted by atomic mass is 35.5. The summed E-state index contributed by atoms with van der Waals surface area (Å²) in [6, 6.07) is 6.05. The summed E-state index contributed by atoms with van der Waals surface area (Å²) >= 11 is 5.98. The Morgan fingerprint density at radius 1 is 1.43 bits per heavy atom. The smallest absolute Gasteiger partial charge is 0.337 e. The van der Waals surface area contributed by atoms with Gasteiger partial charge in [0.2, 0.25) is 0 Å². The van der Waals surface area contributed by atoms with Gasteiger partial charge in [-0.15, -0.1) is 0 Å². The van der Waals surface area contributed by atoms with Gasteiger partial charge in [-0.25, -0.2) is 4.79 Å². The molecule has 0 aliphatic rings. The molecular formula is C14H14ClN3O3. The molecule has 0 fully saturated rings. The molecule has 1 heterocycles. The minimum atomic E-state index is -1.16. The third-order valence-electron chi connectivity index (χ3n) is 2.92. The number of carbonyl (C=O) groups excluding carboxylic acids is 1. The van der Waals surface area contributed by atoms with Crippen LogP contribution >= 0.6 is 11.6 Å². The van der Waals surface area contributed by atoms with Crippen LogP contribution in [0.15, 0.2) is 24.3 Å². The van der Waals surface area contributed by atoms with Gasteiger partial charge < -0.3 is 10.4 Å². The van der Waals surface area contributed by atoms with E-state index in [9.17, 15) is 9.59 Å². The zero-order valence-corrected chi connectivity index (χ0v) is 12.3. The molecule has 0 saturated carbocycles. The topological polar surface area (TPSA) is 84.2 Å². The first-order valence-electron chi connectivity index (χ1n) is 6.31. The Balaban J connectivity index is 2.38. The monoisotopic (exact) mass is 307 g/mol. The first-order chi connectivity index (χ1) is 9.93. The number of halogens is 1. The van der Waals surface area contributed by atoms with Gasteiger partial charge >= 0.3 is 5.97 Å². The van der Waals surface area contributed by atoms with E-state index in [1.807, 2.05) is 6.92 Å². The molecule has 0 aliphatic heterocycles. The van der Waals surface area contributed by atoms with Crippen molar-refractivity contribution < 1.29 is 14.7 Å². The molecule has 0 saturated heterocycles. The molecule has 1 aromatic carbocycles. The predicted octanol–water partition coefficient (Wildman–Crippen LogP) is 2.82. The number of carboxylic acid groups (broad SMARTS) is 1. The fourth-order valence-electron chi connectivity index (χ4n) is 1.98. The predicted molar refractivity (Wildman–Crippen MR) is 79.0 cm³/mol. The third-order valence-corrected chi connectivity index (χ3v) is 3.23. The molecule has 0 aliphatic carbocycles. The van der Waals surface area contributed by atoms with Crippen LogP contribution in [0.3, 0.4) is 0 Å². The Bertz CT molecular complexity index is 709. The lowest BCUT2D eigenvalue weighted by molar-refractivity contribution is 0.0698. The number of aryl methyl sites for hydroxylation is 2. The number of amides is 1. The second kappa shape index (κ2) is 5.97. The van der Waals surface area contributed by atoms with E-state index in [2.05, 4.69) is 10.4 Å². The van der Waals surface area contributed by atoms with E-state index in [-0.39, 0.29) is 16.3 Å². The standard InChI is InChI=1S/C14H14ClN3O3/c1-3-18-11(7-8(2)17-18)13(19)16-12-9(14(20)21)5-4-6-10(12)15/h4-7H,3H2,1-2H3,(H,16,19)(H,20,21). The van der Waals surface area contributed by atoms with Crippen molar-refractivity contribution >= 4 is 29.2 Å². The number of nitrogens with zero attached hydrogens (tertiary/aromatic N) is 2. The molecule has 6 nitrogen and oxygen atoms in total. The third kappa shape index (κ3) is 3.05. The van der Waals surface area contributed by atoms with E-state index >= 15 is 0 Å². The number of anilines is 1. The summed E-state index contributed by atoms with van der Waals surface area (Å²) in [6.45, 7) is 4.17. The lowest BCUT2D eigenvalue weighted by atomic mass is 10.1. The summed E-state index contributed by atoms with van der Waals surface area (Å²) in [5.41, 5.74) is 1.08. The molecule has 0 unspecified atom stereocenters. The lowest BCUT2D eigenvalue weighted by Gasteiger charge is -2.10. The van der Waals surface area contributed by atoms with Gasteiger partial charge in [-0.1, -0.05) is 17.7 Å². The fraction of sp³-hybridized carbons (Fsp3) is 0.214. The SMILES string of the molecule is CCn1nc(C)cc1C(=O)Nc1c(Cl)cccc1C(=O)O. The highest BCUT2D eigenvalue weighted by molar-refractivity contribution is 6.34. The van der Waals surface area contributed by atoms with Crippen molar-refractivity contribution in [3.8, 4) is 0 Å². The average Bonchev–Trinajstić information content (AvgIpc) is 2.82. The van der Waals surface area contributed by atoms with Gasteiger partial charge in [-0.2, -0.15) is 5.10 Å². The number of benzene rings is 1. The zero-order chi connectivity index (χ0) is 15.6. The van der Waals surface area contributed by atoms with Crippen molar-refractivity contribution in [1.82, 2.24) is 9.78 Å². The zero-order valence-electron chi connectivity index (χ0n) is 11.6. The number of aromatic nitrogens is 2. The number of nitrogens with one attached hydrogen (secondary N) is 1. The molecule has 0 bridgehead atoms. The van der Waals surface area contributed by atoms with E-state index in [0.717, 1.165) is 0 Å². The number of hydrogen-bond donors (Lipinski definition) is 2. The molecular weight excluding hydrogens is 294 g/mol. The molecule has 0 spiro atoms. The maximum absolute atomic E-state index is 12.3. The van der Waals surface area contributed by atoms with Crippen LogP contribution in [0.4, 0.5) is 5.69 Å². The first-order valence-corrected chi connectivity index (χ1v) is 6.69. The Morgan fingerprint density at radius 2 is 2.14 bits per heavy atom. The van der Waals surface area contributed by atoms with Crippen molar-refractivity contribution in [1.29, 1.82) is 0 Å². The largest absolute Gasteiger partial charge is 0.478 e. The number of para-hydroxylation sites is 1. The van der Waals surface area contributed by atoms with Crippen molar-refractivity contribution in [2.75, 3.05) is 5.32 Å². The van der Waals surface area contributed by atoms with Crippen molar-refractivity contribution in [3.63, 3.8) is 0 Å². The molecule has 21 heavy (non-hydrogen) atoms. The Hall–Kier alpha value is -2.34. The van der Waals surface area contributed by atoms with Crippen molar-refractivity contribution in [2.24, 2.45) is 0 Å². The molecule has 1 amide bonds. The van der Waals surface area contributed by atoms with E-state index in [1.165, 1.54) is 18.2 Å². The maximum atomic E-state index is 12.3. The van der Waals surface area contributed by atoms with Crippen LogP contribution in [0.25, 0.3) is 0 Å². The van der Waals surface area contributed by atoms with Crippen molar-refractivity contribution in [3.05, 3.63) is 46.2 Å². The number of aromatic carboxylic acids is 1. The summed E-state index contributed by atoms with van der Waals surface area (Å²) in [5.74, 6) is -1.61. The molecule has 7 heteroatoms. The Morgan fingerprint density at radius 3 is 2.76 bits per heavy atom. The molecule has 1 aromatic heterocycles. The fourth-order valence-corrected chi connectivity index (χ4v) is 2.20. The average molecular weight is 308 g/mol. The lowest BCUT2D eigenvalue weighted by Crippen LogP contribution is -2.19. The van der Waals surface area contributed by atoms with Gasteiger partial charge in [0.05, 0.1) is 22.0 Å². The van der Waals surface area contributed by atoms with Crippen LogP contribution in [0.5, 0.6) is 0 Å². The second-order valence-corrected chi connectivity index (χ2v) is 4.82. The summed E-state index contributed by atoms with van der Waals surface area (Å²) in [7, 11) is 0. The minimum Gasteiger partial charge on any atom is -0.478 e. The molecule has 2 aromatic rings. The van der Waals surface area contributed by atoms with Crippen LogP contribution in [-0.2, 0) is 6.54 Å². The van der Waals surface area contributed by atoms with E-state index < -0.39 is 11.9 Å². The highest BCUT2D eigenvalue weighted by Crippen LogP contribution is 2.26. The summed E-state index contributed by atoms with van der Waals surface area (Å²) in [5, 5.41) is 16.1. The summed E-state index contributed by atoms with van der Waals surface area (Å²) < 4.78 is 1.54. The Kier molecular flexibility index (Phi) is 4.28. The highest BCUT2D eigenvalue weighted by Gasteiger charge is 2.19. The van der Waals surface area contributed by atoms with Gasteiger partial charge in [-0.3, -0.25) is 9.48 Å². The summed E-state index contributed by atoms with van der Waals surface area (Å²) in [6.07, 6.45) is 0. The molecule has 2 N–H and O–H groups in total. The van der Waals surface area contributed by atoms with E-state index in [1.54, 1.807) is 17.7 Å². The maximum Gasteiger partial charge on any atom is 0.337 e. The van der Waals surface area contributed by atoms with Gasteiger partial charge in [0.25, 0.3) is 5.91 Å². The molecule has 110 valence electrons. The molecule has 0 radical (unpaired) electrons. The number of carboxylic acids is 1. The van der Waals surface area contributed by atoms with Crippen LogP contribution in [-0.4, -0.2) is 26.8 Å². The molecule has 0 atom stereocenters. The normalized spacial score (nSPS) is 10.4. The van der Waals surface area contributed by atoms with E-state index in [0.29, 0.717) is 17.9 Å². The summed E-state index contributed by atoms with van der Waals surface area (Å²) in [4.78, 5) is 23.5.